The fourth-order valence-corrected chi connectivity index (χ4v) is 3.32. The summed E-state index contributed by atoms with van der Waals surface area (Å²) in [4.78, 5) is 20.0. The number of carbonyl (C=O) groups is 1. The third-order valence-electron chi connectivity index (χ3n) is 4.68. The molecule has 3 rings (SSSR count). The van der Waals surface area contributed by atoms with Gasteiger partial charge in [0, 0.05) is 56.2 Å². The molecule has 0 unspecified atom stereocenters. The van der Waals surface area contributed by atoms with Crippen LogP contribution in [0.3, 0.4) is 0 Å². The minimum absolute atomic E-state index is 0.316. The molecule has 4 heteroatoms. The summed E-state index contributed by atoms with van der Waals surface area (Å²) in [5, 5.41) is 1.33. The van der Waals surface area contributed by atoms with E-state index in [9.17, 15) is 4.79 Å². The Morgan fingerprint density at radius 1 is 1.17 bits per heavy atom. The number of para-hydroxylation sites is 1. The fraction of sp³-hybridized carbons (Fsp3) is 0.526. The molecule has 1 saturated heterocycles. The van der Waals surface area contributed by atoms with Crippen LogP contribution >= 0.6 is 0 Å². The zero-order valence-corrected chi connectivity index (χ0v) is 14.2. The van der Waals surface area contributed by atoms with E-state index in [1.54, 1.807) is 0 Å². The molecule has 1 amide bonds. The van der Waals surface area contributed by atoms with Gasteiger partial charge in [0.1, 0.15) is 0 Å². The van der Waals surface area contributed by atoms with E-state index in [-0.39, 0.29) is 0 Å². The summed E-state index contributed by atoms with van der Waals surface area (Å²) in [7, 11) is 0. The molecule has 0 saturated carbocycles. The quantitative estimate of drug-likeness (QED) is 0.922. The SMILES string of the molecule is CC(C)CC(=O)N1CCN(CCc2c[nH]c3ccccc23)CC1. The molecule has 1 fully saturated rings. The average molecular weight is 313 g/mol. The molecule has 1 aliphatic heterocycles. The zero-order chi connectivity index (χ0) is 16.2. The number of carbonyl (C=O) groups excluding carboxylic acids is 1. The van der Waals surface area contributed by atoms with Crippen LogP contribution in [0.5, 0.6) is 0 Å². The molecule has 1 aromatic heterocycles. The summed E-state index contributed by atoms with van der Waals surface area (Å²) in [5.74, 6) is 0.763. The van der Waals surface area contributed by atoms with Gasteiger partial charge in [-0.2, -0.15) is 0 Å². The summed E-state index contributed by atoms with van der Waals surface area (Å²) in [5.41, 5.74) is 2.60. The number of piperazine rings is 1. The maximum Gasteiger partial charge on any atom is 0.222 e. The Morgan fingerprint density at radius 2 is 1.91 bits per heavy atom. The number of rotatable bonds is 5. The van der Waals surface area contributed by atoms with Gasteiger partial charge in [0.2, 0.25) is 5.91 Å². The Balaban J connectivity index is 1.49. The van der Waals surface area contributed by atoms with Crippen LogP contribution in [0.15, 0.2) is 30.5 Å². The highest BCUT2D eigenvalue weighted by molar-refractivity contribution is 5.83. The Labute approximate surface area is 138 Å². The molecule has 1 N–H and O–H groups in total. The third-order valence-corrected chi connectivity index (χ3v) is 4.68. The Bertz CT molecular complexity index is 653. The summed E-state index contributed by atoms with van der Waals surface area (Å²) in [6.45, 7) is 9.01. The Kier molecular flexibility index (Phi) is 5.01. The smallest absolute Gasteiger partial charge is 0.222 e. The molecule has 0 bridgehead atoms. The lowest BCUT2D eigenvalue weighted by Gasteiger charge is -2.35. The maximum absolute atomic E-state index is 12.1. The van der Waals surface area contributed by atoms with E-state index >= 15 is 0 Å². The molecule has 1 aliphatic rings. The first-order valence-corrected chi connectivity index (χ1v) is 8.68. The minimum Gasteiger partial charge on any atom is -0.361 e. The summed E-state index contributed by atoms with van der Waals surface area (Å²) >= 11 is 0. The summed E-state index contributed by atoms with van der Waals surface area (Å²) in [6, 6.07) is 8.47. The monoisotopic (exact) mass is 313 g/mol. The van der Waals surface area contributed by atoms with Crippen LogP contribution in [-0.2, 0) is 11.2 Å². The number of amides is 1. The third kappa shape index (κ3) is 3.94. The molecule has 0 radical (unpaired) electrons. The lowest BCUT2D eigenvalue weighted by atomic mass is 10.1. The largest absolute Gasteiger partial charge is 0.361 e. The number of hydrogen-bond donors (Lipinski definition) is 1. The van der Waals surface area contributed by atoms with Gasteiger partial charge in [-0.1, -0.05) is 32.0 Å². The van der Waals surface area contributed by atoms with Gasteiger partial charge >= 0.3 is 0 Å². The van der Waals surface area contributed by atoms with Crippen molar-refractivity contribution in [3.05, 3.63) is 36.0 Å². The van der Waals surface area contributed by atoms with Gasteiger partial charge in [-0.3, -0.25) is 9.69 Å². The predicted molar refractivity (Wildman–Crippen MR) is 94.5 cm³/mol. The summed E-state index contributed by atoms with van der Waals surface area (Å²) in [6.07, 6.45) is 3.87. The number of hydrogen-bond acceptors (Lipinski definition) is 2. The molecule has 0 atom stereocenters. The number of aromatic amines is 1. The highest BCUT2D eigenvalue weighted by Gasteiger charge is 2.21. The van der Waals surface area contributed by atoms with E-state index in [1.807, 2.05) is 4.90 Å². The van der Waals surface area contributed by atoms with E-state index in [0.29, 0.717) is 18.2 Å². The number of nitrogens with one attached hydrogen (secondary N) is 1. The van der Waals surface area contributed by atoms with E-state index in [4.69, 9.17) is 0 Å². The van der Waals surface area contributed by atoms with Crippen LogP contribution in [0.1, 0.15) is 25.8 Å². The topological polar surface area (TPSA) is 39.3 Å². The maximum atomic E-state index is 12.1. The molecular formula is C19H27N3O. The van der Waals surface area contributed by atoms with Crippen LogP contribution in [0.2, 0.25) is 0 Å². The number of fused-ring (bicyclic) bond motifs is 1. The van der Waals surface area contributed by atoms with Crippen LogP contribution in [0.4, 0.5) is 0 Å². The lowest BCUT2D eigenvalue weighted by molar-refractivity contribution is -0.133. The molecule has 23 heavy (non-hydrogen) atoms. The van der Waals surface area contributed by atoms with Crippen molar-refractivity contribution in [3.63, 3.8) is 0 Å². The second kappa shape index (κ2) is 7.18. The molecule has 124 valence electrons. The van der Waals surface area contributed by atoms with Crippen LogP contribution in [0, 0.1) is 5.92 Å². The van der Waals surface area contributed by atoms with Crippen molar-refractivity contribution in [2.75, 3.05) is 32.7 Å². The number of aromatic nitrogens is 1. The van der Waals surface area contributed by atoms with E-state index < -0.39 is 0 Å². The second-order valence-electron chi connectivity index (χ2n) is 6.93. The molecule has 0 spiro atoms. The van der Waals surface area contributed by atoms with E-state index in [2.05, 4.69) is 54.2 Å². The highest BCUT2D eigenvalue weighted by atomic mass is 16.2. The average Bonchev–Trinajstić information content (AvgIpc) is 2.96. The second-order valence-corrected chi connectivity index (χ2v) is 6.93. The highest BCUT2D eigenvalue weighted by Crippen LogP contribution is 2.18. The number of H-pyrrole nitrogens is 1. The molecule has 0 aliphatic carbocycles. The summed E-state index contributed by atoms with van der Waals surface area (Å²) < 4.78 is 0. The molecule has 1 aromatic carbocycles. The van der Waals surface area contributed by atoms with Crippen LogP contribution < -0.4 is 0 Å². The Morgan fingerprint density at radius 3 is 2.65 bits per heavy atom. The van der Waals surface area contributed by atoms with Crippen molar-refractivity contribution in [3.8, 4) is 0 Å². The van der Waals surface area contributed by atoms with Crippen molar-refractivity contribution >= 4 is 16.8 Å². The van der Waals surface area contributed by atoms with Gasteiger partial charge in [0.15, 0.2) is 0 Å². The number of benzene rings is 1. The molecule has 2 heterocycles. The first-order chi connectivity index (χ1) is 11.1. The molecule has 2 aromatic rings. The van der Waals surface area contributed by atoms with Crippen molar-refractivity contribution in [2.45, 2.75) is 26.7 Å². The van der Waals surface area contributed by atoms with Gasteiger partial charge in [-0.05, 0) is 24.0 Å². The van der Waals surface area contributed by atoms with Gasteiger partial charge in [-0.15, -0.1) is 0 Å². The first-order valence-electron chi connectivity index (χ1n) is 8.68. The lowest BCUT2D eigenvalue weighted by Crippen LogP contribution is -2.49. The standard InChI is InChI=1S/C19H27N3O/c1-15(2)13-19(23)22-11-9-21(10-12-22)8-7-16-14-20-18-6-4-3-5-17(16)18/h3-6,14-15,20H,7-13H2,1-2H3. The minimum atomic E-state index is 0.316. The van der Waals surface area contributed by atoms with Gasteiger partial charge in [0.05, 0.1) is 0 Å². The van der Waals surface area contributed by atoms with Crippen molar-refractivity contribution in [1.29, 1.82) is 0 Å². The normalized spacial score (nSPS) is 16.4. The first kappa shape index (κ1) is 16.1. The van der Waals surface area contributed by atoms with Crippen molar-refractivity contribution in [2.24, 2.45) is 5.92 Å². The molecule has 4 nitrogen and oxygen atoms in total. The fourth-order valence-electron chi connectivity index (χ4n) is 3.32. The Hall–Kier alpha value is -1.81. The van der Waals surface area contributed by atoms with Crippen molar-refractivity contribution < 1.29 is 4.79 Å². The number of nitrogens with zero attached hydrogens (tertiary/aromatic N) is 2. The van der Waals surface area contributed by atoms with E-state index in [1.165, 1.54) is 16.5 Å². The van der Waals surface area contributed by atoms with Gasteiger partial charge in [0.25, 0.3) is 0 Å². The zero-order valence-electron chi connectivity index (χ0n) is 14.2. The van der Waals surface area contributed by atoms with Gasteiger partial charge < -0.3 is 9.88 Å². The van der Waals surface area contributed by atoms with Crippen LogP contribution in [0.25, 0.3) is 10.9 Å². The predicted octanol–water partition coefficient (Wildman–Crippen LogP) is 2.90. The van der Waals surface area contributed by atoms with Crippen LogP contribution in [-0.4, -0.2) is 53.4 Å². The molecular weight excluding hydrogens is 286 g/mol. The van der Waals surface area contributed by atoms with Gasteiger partial charge in [-0.25, -0.2) is 0 Å². The van der Waals surface area contributed by atoms with E-state index in [0.717, 1.165) is 39.1 Å². The van der Waals surface area contributed by atoms with Crippen molar-refractivity contribution in [1.82, 2.24) is 14.8 Å².